The predicted octanol–water partition coefficient (Wildman–Crippen LogP) is 1.14. The van der Waals surface area contributed by atoms with Crippen LogP contribution < -0.4 is 0 Å². The van der Waals surface area contributed by atoms with Crippen molar-refractivity contribution in [3.63, 3.8) is 0 Å². The lowest BCUT2D eigenvalue weighted by Gasteiger charge is -2.01. The predicted molar refractivity (Wildman–Crippen MR) is 45.9 cm³/mol. The first-order valence-corrected chi connectivity index (χ1v) is 3.83. The van der Waals surface area contributed by atoms with Crippen LogP contribution in [0.5, 0.6) is 0 Å². The summed E-state index contributed by atoms with van der Waals surface area (Å²) < 4.78 is 1.92. The third-order valence-electron chi connectivity index (χ3n) is 1.91. The molecule has 0 amide bonds. The summed E-state index contributed by atoms with van der Waals surface area (Å²) >= 11 is 0. The summed E-state index contributed by atoms with van der Waals surface area (Å²) in [6.07, 6.45) is 5.48. The summed E-state index contributed by atoms with van der Waals surface area (Å²) in [5.74, 6) is 0. The number of pyridine rings is 1. The molecule has 62 valence electrons. The summed E-state index contributed by atoms with van der Waals surface area (Å²) in [7, 11) is 0. The van der Waals surface area contributed by atoms with E-state index < -0.39 is 0 Å². The number of nitrogens with zero attached hydrogens (tertiary/aromatic N) is 2. The fourth-order valence-corrected chi connectivity index (χ4v) is 1.39. The molecule has 0 radical (unpaired) electrons. The van der Waals surface area contributed by atoms with Crippen molar-refractivity contribution in [2.24, 2.45) is 0 Å². The number of hydrogen-bond acceptors (Lipinski definition) is 2. The minimum absolute atomic E-state index is 0.0663. The Morgan fingerprint density at radius 3 is 3.17 bits per heavy atom. The van der Waals surface area contributed by atoms with E-state index in [0.29, 0.717) is 0 Å². The van der Waals surface area contributed by atoms with Crippen molar-refractivity contribution in [2.75, 3.05) is 0 Å². The zero-order chi connectivity index (χ0) is 8.55. The average Bonchev–Trinajstić information content (AvgIpc) is 2.50. The summed E-state index contributed by atoms with van der Waals surface area (Å²) in [6.45, 7) is 2.06. The number of aromatic nitrogens is 2. The normalized spacial score (nSPS) is 10.8. The molecular formula is C9H10N2O. The van der Waals surface area contributed by atoms with Crippen LogP contribution in [0.1, 0.15) is 11.1 Å². The van der Waals surface area contributed by atoms with Crippen LogP contribution in [0.15, 0.2) is 24.8 Å². The smallest absolute Gasteiger partial charge is 0.0992 e. The minimum atomic E-state index is 0.0663. The highest BCUT2D eigenvalue weighted by Gasteiger charge is 2.00. The van der Waals surface area contributed by atoms with Crippen LogP contribution in [-0.2, 0) is 6.61 Å². The lowest BCUT2D eigenvalue weighted by atomic mass is 10.2. The molecule has 3 heteroatoms. The van der Waals surface area contributed by atoms with E-state index in [4.69, 9.17) is 5.11 Å². The summed E-state index contributed by atoms with van der Waals surface area (Å²) in [5.41, 5.74) is 3.03. The average molecular weight is 162 g/mol. The Labute approximate surface area is 70.3 Å². The molecule has 0 aliphatic rings. The molecule has 0 aromatic carbocycles. The number of aliphatic hydroxyl groups is 1. The van der Waals surface area contributed by atoms with E-state index in [0.717, 1.165) is 16.6 Å². The molecule has 12 heavy (non-hydrogen) atoms. The van der Waals surface area contributed by atoms with Crippen molar-refractivity contribution in [2.45, 2.75) is 13.5 Å². The van der Waals surface area contributed by atoms with Gasteiger partial charge in [-0.05, 0) is 12.5 Å². The SMILES string of the molecule is Cc1cc(CO)c2cncn2c1. The number of aryl methyl sites for hydroxylation is 1. The highest BCUT2D eigenvalue weighted by atomic mass is 16.3. The number of aliphatic hydroxyl groups excluding tert-OH is 1. The van der Waals surface area contributed by atoms with Crippen molar-refractivity contribution in [3.8, 4) is 0 Å². The van der Waals surface area contributed by atoms with E-state index in [1.807, 2.05) is 23.6 Å². The van der Waals surface area contributed by atoms with Crippen molar-refractivity contribution in [1.29, 1.82) is 0 Å². The van der Waals surface area contributed by atoms with Gasteiger partial charge in [0.05, 0.1) is 24.6 Å². The van der Waals surface area contributed by atoms with Gasteiger partial charge in [-0.15, -0.1) is 0 Å². The van der Waals surface area contributed by atoms with Gasteiger partial charge in [-0.25, -0.2) is 4.98 Å². The largest absolute Gasteiger partial charge is 0.392 e. The first-order chi connectivity index (χ1) is 5.81. The van der Waals surface area contributed by atoms with Gasteiger partial charge in [0.1, 0.15) is 0 Å². The molecule has 2 aromatic rings. The van der Waals surface area contributed by atoms with Crippen LogP contribution in [0.2, 0.25) is 0 Å². The quantitative estimate of drug-likeness (QED) is 0.682. The molecular weight excluding hydrogens is 152 g/mol. The third kappa shape index (κ3) is 0.987. The standard InChI is InChI=1S/C9H10N2O/c1-7-2-8(5-12)9-3-10-6-11(9)4-7/h2-4,6,12H,5H2,1H3. The van der Waals surface area contributed by atoms with Crippen LogP contribution in [0.25, 0.3) is 5.52 Å². The van der Waals surface area contributed by atoms with Gasteiger partial charge < -0.3 is 9.51 Å². The van der Waals surface area contributed by atoms with Crippen molar-refractivity contribution < 1.29 is 5.11 Å². The van der Waals surface area contributed by atoms with E-state index in [9.17, 15) is 0 Å². The van der Waals surface area contributed by atoms with E-state index in [2.05, 4.69) is 4.98 Å². The van der Waals surface area contributed by atoms with Gasteiger partial charge in [0.15, 0.2) is 0 Å². The fourth-order valence-electron chi connectivity index (χ4n) is 1.39. The second kappa shape index (κ2) is 2.60. The zero-order valence-electron chi connectivity index (χ0n) is 6.86. The molecule has 2 heterocycles. The van der Waals surface area contributed by atoms with Crippen molar-refractivity contribution >= 4 is 5.52 Å². The second-order valence-corrected chi connectivity index (χ2v) is 2.89. The van der Waals surface area contributed by atoms with Gasteiger partial charge in [-0.2, -0.15) is 0 Å². The van der Waals surface area contributed by atoms with Gasteiger partial charge in [-0.1, -0.05) is 6.07 Å². The lowest BCUT2D eigenvalue weighted by Crippen LogP contribution is -1.91. The van der Waals surface area contributed by atoms with Crippen LogP contribution in [0.4, 0.5) is 0 Å². The number of rotatable bonds is 1. The highest BCUT2D eigenvalue weighted by molar-refractivity contribution is 5.53. The first kappa shape index (κ1) is 7.31. The molecule has 2 aromatic heterocycles. The monoisotopic (exact) mass is 162 g/mol. The molecule has 0 aliphatic heterocycles. The maximum absolute atomic E-state index is 9.04. The Balaban J connectivity index is 2.80. The number of imidazole rings is 1. The molecule has 0 bridgehead atoms. The van der Waals surface area contributed by atoms with Crippen molar-refractivity contribution in [1.82, 2.24) is 9.38 Å². The lowest BCUT2D eigenvalue weighted by molar-refractivity contribution is 0.283. The van der Waals surface area contributed by atoms with E-state index in [1.165, 1.54) is 0 Å². The van der Waals surface area contributed by atoms with E-state index in [1.54, 1.807) is 12.5 Å². The minimum Gasteiger partial charge on any atom is -0.392 e. The molecule has 0 aliphatic carbocycles. The van der Waals surface area contributed by atoms with Crippen LogP contribution in [0, 0.1) is 6.92 Å². The van der Waals surface area contributed by atoms with Gasteiger partial charge >= 0.3 is 0 Å². The summed E-state index contributed by atoms with van der Waals surface area (Å²) in [4.78, 5) is 4.00. The molecule has 0 fully saturated rings. The topological polar surface area (TPSA) is 37.5 Å². The highest BCUT2D eigenvalue weighted by Crippen LogP contribution is 2.12. The summed E-state index contributed by atoms with van der Waals surface area (Å²) in [5, 5.41) is 9.04. The zero-order valence-corrected chi connectivity index (χ0v) is 6.86. The Morgan fingerprint density at radius 2 is 2.42 bits per heavy atom. The molecule has 0 atom stereocenters. The van der Waals surface area contributed by atoms with Gasteiger partial charge in [0, 0.05) is 11.8 Å². The second-order valence-electron chi connectivity index (χ2n) is 2.89. The molecule has 1 N–H and O–H groups in total. The van der Waals surface area contributed by atoms with E-state index >= 15 is 0 Å². The molecule has 3 nitrogen and oxygen atoms in total. The van der Waals surface area contributed by atoms with Gasteiger partial charge in [0.25, 0.3) is 0 Å². The number of fused-ring (bicyclic) bond motifs is 1. The summed E-state index contributed by atoms with van der Waals surface area (Å²) in [6, 6.07) is 1.97. The molecule has 0 unspecified atom stereocenters. The number of hydrogen-bond donors (Lipinski definition) is 1. The molecule has 0 saturated heterocycles. The maximum atomic E-state index is 9.04. The van der Waals surface area contributed by atoms with Crippen LogP contribution >= 0.6 is 0 Å². The molecule has 0 saturated carbocycles. The Bertz CT molecular complexity index is 406. The molecule has 2 rings (SSSR count). The van der Waals surface area contributed by atoms with Crippen molar-refractivity contribution in [3.05, 3.63) is 35.9 Å². The Hall–Kier alpha value is -1.35. The maximum Gasteiger partial charge on any atom is 0.0992 e. The Morgan fingerprint density at radius 1 is 1.58 bits per heavy atom. The van der Waals surface area contributed by atoms with Crippen LogP contribution in [-0.4, -0.2) is 14.5 Å². The molecule has 0 spiro atoms. The Kier molecular flexibility index (Phi) is 1.59. The third-order valence-corrected chi connectivity index (χ3v) is 1.91. The van der Waals surface area contributed by atoms with Gasteiger partial charge in [0.2, 0.25) is 0 Å². The van der Waals surface area contributed by atoms with Crippen LogP contribution in [0.3, 0.4) is 0 Å². The first-order valence-electron chi connectivity index (χ1n) is 3.83. The van der Waals surface area contributed by atoms with E-state index in [-0.39, 0.29) is 6.61 Å². The fraction of sp³-hybridized carbons (Fsp3) is 0.222. The van der Waals surface area contributed by atoms with Gasteiger partial charge in [-0.3, -0.25) is 0 Å².